The fourth-order valence-corrected chi connectivity index (χ4v) is 2.09. The van der Waals surface area contributed by atoms with E-state index in [0.717, 1.165) is 26.2 Å². The van der Waals surface area contributed by atoms with Crippen molar-refractivity contribution in [3.8, 4) is 0 Å². The first-order valence-electron chi connectivity index (χ1n) is 6.58. The van der Waals surface area contributed by atoms with Gasteiger partial charge in [-0.05, 0) is 20.8 Å². The first kappa shape index (κ1) is 15.4. The van der Waals surface area contributed by atoms with Crippen LogP contribution in [-0.2, 0) is 9.53 Å². The molecule has 0 aromatic heterocycles. The lowest BCUT2D eigenvalue weighted by Crippen LogP contribution is -2.56. The highest BCUT2D eigenvalue weighted by Crippen LogP contribution is 2.08. The third-order valence-electron chi connectivity index (χ3n) is 3.18. The molecule has 1 aliphatic heterocycles. The average molecular weight is 259 g/mol. The van der Waals surface area contributed by atoms with Crippen LogP contribution in [0.2, 0.25) is 0 Å². The van der Waals surface area contributed by atoms with Crippen molar-refractivity contribution in [3.63, 3.8) is 0 Å². The minimum absolute atomic E-state index is 0.00167. The second-order valence-corrected chi connectivity index (χ2v) is 4.76. The molecule has 1 rings (SSSR count). The van der Waals surface area contributed by atoms with E-state index in [1.807, 2.05) is 6.92 Å². The lowest BCUT2D eigenvalue weighted by molar-refractivity contribution is -0.157. The Bertz CT molecular complexity index is 253. The summed E-state index contributed by atoms with van der Waals surface area (Å²) in [7, 11) is 0. The van der Waals surface area contributed by atoms with E-state index in [1.165, 1.54) is 0 Å². The van der Waals surface area contributed by atoms with Gasteiger partial charge in [0.05, 0.1) is 0 Å². The number of rotatable bonds is 7. The summed E-state index contributed by atoms with van der Waals surface area (Å²) in [5.41, 5.74) is 0. The summed E-state index contributed by atoms with van der Waals surface area (Å²) in [6, 6.07) is 0.548. The van der Waals surface area contributed by atoms with Gasteiger partial charge >= 0.3 is 5.97 Å². The predicted molar refractivity (Wildman–Crippen MR) is 69.1 cm³/mol. The van der Waals surface area contributed by atoms with Gasteiger partial charge in [0, 0.05) is 38.8 Å². The Morgan fingerprint density at radius 3 is 2.39 bits per heavy atom. The molecule has 1 aliphatic rings. The van der Waals surface area contributed by atoms with E-state index in [9.17, 15) is 4.79 Å². The maximum Gasteiger partial charge on any atom is 0.319 e. The van der Waals surface area contributed by atoms with Crippen LogP contribution < -0.4 is 0 Å². The highest BCUT2D eigenvalue weighted by atomic mass is 16.5. The Hall–Kier alpha value is -0.690. The van der Waals surface area contributed by atoms with Gasteiger partial charge in [-0.15, -0.1) is 0 Å². The first-order chi connectivity index (χ1) is 8.54. The summed E-state index contributed by atoms with van der Waals surface area (Å²) in [4.78, 5) is 13.3. The number of carboxylic acid groups (broad SMARTS) is 1. The Morgan fingerprint density at radius 1 is 1.33 bits per heavy atom. The van der Waals surface area contributed by atoms with Crippen molar-refractivity contribution in [2.45, 2.75) is 26.8 Å². The van der Waals surface area contributed by atoms with Crippen molar-refractivity contribution >= 4 is 5.97 Å². The Morgan fingerprint density at radius 2 is 1.94 bits per heavy atom. The van der Waals surface area contributed by atoms with Gasteiger partial charge in [0.15, 0.2) is 0 Å². The van der Waals surface area contributed by atoms with Crippen molar-refractivity contribution in [1.29, 1.82) is 0 Å². The number of aliphatic carboxylic acids is 1. The van der Waals surface area contributed by atoms with Gasteiger partial charge in [-0.25, -0.2) is 10.0 Å². The number of carboxylic acids is 1. The van der Waals surface area contributed by atoms with Crippen LogP contribution in [0, 0.1) is 0 Å². The normalized spacial score (nSPS) is 18.7. The van der Waals surface area contributed by atoms with Crippen molar-refractivity contribution in [3.05, 3.63) is 0 Å². The molecule has 0 aromatic carbocycles. The number of hydrogen-bond acceptors (Lipinski definition) is 5. The van der Waals surface area contributed by atoms with Crippen LogP contribution in [0.3, 0.4) is 0 Å². The second-order valence-electron chi connectivity index (χ2n) is 4.76. The standard InChI is InChI=1S/C12H25N3O3/c1-4-18-10-15(9-12(16)17)14-7-5-13(6-8-14)11(2)3/h11H,4-10H2,1-3H3,(H,16,17). The van der Waals surface area contributed by atoms with E-state index in [4.69, 9.17) is 9.84 Å². The minimum Gasteiger partial charge on any atom is -0.480 e. The minimum atomic E-state index is -0.819. The smallest absolute Gasteiger partial charge is 0.319 e. The summed E-state index contributed by atoms with van der Waals surface area (Å²) in [5, 5.41) is 12.8. The SMILES string of the molecule is CCOCN(CC(=O)O)N1CCN(C(C)C)CC1. The molecule has 1 heterocycles. The van der Waals surface area contributed by atoms with Gasteiger partial charge in [0.25, 0.3) is 0 Å². The maximum atomic E-state index is 10.9. The largest absolute Gasteiger partial charge is 0.480 e. The fourth-order valence-electron chi connectivity index (χ4n) is 2.09. The molecule has 6 heteroatoms. The van der Waals surface area contributed by atoms with Gasteiger partial charge in [-0.2, -0.15) is 0 Å². The predicted octanol–water partition coefficient (Wildman–Crippen LogP) is 0.308. The highest BCUT2D eigenvalue weighted by Gasteiger charge is 2.24. The van der Waals surface area contributed by atoms with Crippen LogP contribution in [0.1, 0.15) is 20.8 Å². The van der Waals surface area contributed by atoms with Crippen molar-refractivity contribution < 1.29 is 14.6 Å². The van der Waals surface area contributed by atoms with Gasteiger partial charge in [-0.1, -0.05) is 0 Å². The zero-order valence-corrected chi connectivity index (χ0v) is 11.6. The lowest BCUT2D eigenvalue weighted by atomic mass is 10.2. The molecule has 1 fully saturated rings. The van der Waals surface area contributed by atoms with Gasteiger partial charge < -0.3 is 9.84 Å². The average Bonchev–Trinajstić information content (AvgIpc) is 2.34. The fraction of sp³-hybridized carbons (Fsp3) is 0.917. The molecular weight excluding hydrogens is 234 g/mol. The zero-order chi connectivity index (χ0) is 13.5. The van der Waals surface area contributed by atoms with Crippen LogP contribution in [0.25, 0.3) is 0 Å². The molecule has 0 aromatic rings. The molecule has 0 amide bonds. The van der Waals surface area contributed by atoms with Gasteiger partial charge in [-0.3, -0.25) is 9.69 Å². The number of hydrogen-bond donors (Lipinski definition) is 1. The molecule has 18 heavy (non-hydrogen) atoms. The summed E-state index contributed by atoms with van der Waals surface area (Å²) in [5.74, 6) is -0.819. The van der Waals surface area contributed by atoms with Crippen LogP contribution in [-0.4, -0.2) is 78.1 Å². The van der Waals surface area contributed by atoms with E-state index in [2.05, 4.69) is 23.8 Å². The molecular formula is C12H25N3O3. The molecule has 106 valence electrons. The van der Waals surface area contributed by atoms with Crippen LogP contribution in [0.15, 0.2) is 0 Å². The third-order valence-corrected chi connectivity index (χ3v) is 3.18. The Balaban J connectivity index is 2.46. The quantitative estimate of drug-likeness (QED) is 0.664. The Labute approximate surface area is 109 Å². The number of carbonyl (C=O) groups is 1. The first-order valence-corrected chi connectivity index (χ1v) is 6.58. The van der Waals surface area contributed by atoms with Crippen molar-refractivity contribution in [1.82, 2.24) is 14.9 Å². The van der Waals surface area contributed by atoms with E-state index in [-0.39, 0.29) is 6.54 Å². The molecule has 0 saturated carbocycles. The topological polar surface area (TPSA) is 56.2 Å². The van der Waals surface area contributed by atoms with E-state index in [1.54, 1.807) is 5.01 Å². The second kappa shape index (κ2) is 7.68. The molecule has 0 bridgehead atoms. The molecule has 1 N–H and O–H groups in total. The molecule has 0 aliphatic carbocycles. The van der Waals surface area contributed by atoms with Crippen LogP contribution in [0.5, 0.6) is 0 Å². The van der Waals surface area contributed by atoms with Crippen molar-refractivity contribution in [2.75, 3.05) is 46.1 Å². The number of piperazine rings is 1. The summed E-state index contributed by atoms with van der Waals surface area (Å²) in [6.07, 6.45) is 0. The van der Waals surface area contributed by atoms with Crippen LogP contribution in [0.4, 0.5) is 0 Å². The number of ether oxygens (including phenoxy) is 1. The third kappa shape index (κ3) is 4.89. The number of hydrazine groups is 1. The van der Waals surface area contributed by atoms with Crippen LogP contribution >= 0.6 is 0 Å². The summed E-state index contributed by atoms with van der Waals surface area (Å²) < 4.78 is 5.33. The molecule has 0 atom stereocenters. The summed E-state index contributed by atoms with van der Waals surface area (Å²) >= 11 is 0. The monoisotopic (exact) mass is 259 g/mol. The van der Waals surface area contributed by atoms with E-state index >= 15 is 0 Å². The highest BCUT2D eigenvalue weighted by molar-refractivity contribution is 5.68. The molecule has 0 spiro atoms. The lowest BCUT2D eigenvalue weighted by Gasteiger charge is -2.41. The van der Waals surface area contributed by atoms with Crippen molar-refractivity contribution in [2.24, 2.45) is 0 Å². The molecule has 0 radical (unpaired) electrons. The van der Waals surface area contributed by atoms with E-state index in [0.29, 0.717) is 19.4 Å². The zero-order valence-electron chi connectivity index (χ0n) is 11.6. The van der Waals surface area contributed by atoms with E-state index < -0.39 is 5.97 Å². The summed E-state index contributed by atoms with van der Waals surface area (Å²) in [6.45, 7) is 10.9. The maximum absolute atomic E-state index is 10.9. The molecule has 1 saturated heterocycles. The van der Waals surface area contributed by atoms with Gasteiger partial charge in [0.2, 0.25) is 0 Å². The molecule has 6 nitrogen and oxygen atoms in total. The molecule has 0 unspecified atom stereocenters. The van der Waals surface area contributed by atoms with Gasteiger partial charge in [0.1, 0.15) is 13.3 Å². The Kier molecular flexibility index (Phi) is 6.56. The number of nitrogens with zero attached hydrogens (tertiary/aromatic N) is 3.